The lowest BCUT2D eigenvalue weighted by molar-refractivity contribution is -0.137. The van der Waals surface area contributed by atoms with Gasteiger partial charge in [0.15, 0.2) is 0 Å². The maximum absolute atomic E-state index is 13.5. The normalized spacial score (nSPS) is 12.5. The third-order valence-corrected chi connectivity index (χ3v) is 7.58. The van der Waals surface area contributed by atoms with E-state index in [4.69, 9.17) is 0 Å². The number of amides is 2. The number of nitrogens with zero attached hydrogens (tertiary/aromatic N) is 1. The predicted molar refractivity (Wildman–Crippen MR) is 139 cm³/mol. The number of para-hydroxylation sites is 1. The van der Waals surface area contributed by atoms with E-state index < -0.39 is 40.1 Å². The summed E-state index contributed by atoms with van der Waals surface area (Å²) in [4.78, 5) is 25.6. The number of benzene rings is 3. The molecule has 3 rings (SSSR count). The summed E-state index contributed by atoms with van der Waals surface area (Å²) >= 11 is 0. The molecule has 0 saturated heterocycles. The lowest BCUT2D eigenvalue weighted by atomic mass is 10.1. The molecule has 3 aromatic rings. The molecule has 7 nitrogen and oxygen atoms in total. The summed E-state index contributed by atoms with van der Waals surface area (Å²) in [6, 6.07) is 15.5. The third-order valence-electron chi connectivity index (χ3n) is 5.79. The number of hydrogen-bond donors (Lipinski definition) is 2. The van der Waals surface area contributed by atoms with Gasteiger partial charge in [-0.25, -0.2) is 8.42 Å². The number of anilines is 2. The van der Waals surface area contributed by atoms with Gasteiger partial charge in [0.25, 0.3) is 15.9 Å². The van der Waals surface area contributed by atoms with Crippen molar-refractivity contribution >= 4 is 33.2 Å². The summed E-state index contributed by atoms with van der Waals surface area (Å²) in [6.45, 7) is 4.64. The molecule has 0 saturated carbocycles. The van der Waals surface area contributed by atoms with Crippen molar-refractivity contribution in [3.63, 3.8) is 0 Å². The Hall–Kier alpha value is -3.86. The Morgan fingerprint density at radius 3 is 2.26 bits per heavy atom. The number of nitrogens with one attached hydrogen (secondary N) is 2. The van der Waals surface area contributed by atoms with Gasteiger partial charge in [-0.2, -0.15) is 13.2 Å². The number of aryl methyl sites for hydroxylation is 1. The van der Waals surface area contributed by atoms with Crippen molar-refractivity contribution in [2.45, 2.75) is 44.3 Å². The van der Waals surface area contributed by atoms with E-state index in [1.807, 2.05) is 13.8 Å². The van der Waals surface area contributed by atoms with Crippen molar-refractivity contribution in [1.29, 1.82) is 0 Å². The number of halogens is 3. The zero-order valence-corrected chi connectivity index (χ0v) is 21.9. The molecule has 0 bridgehead atoms. The average molecular weight is 548 g/mol. The Balaban J connectivity index is 1.98. The van der Waals surface area contributed by atoms with Gasteiger partial charge in [-0.1, -0.05) is 42.8 Å². The van der Waals surface area contributed by atoms with Gasteiger partial charge in [-0.15, -0.1) is 0 Å². The van der Waals surface area contributed by atoms with E-state index in [-0.39, 0.29) is 27.9 Å². The van der Waals surface area contributed by atoms with E-state index in [0.29, 0.717) is 16.8 Å². The van der Waals surface area contributed by atoms with Crippen molar-refractivity contribution in [1.82, 2.24) is 5.32 Å². The molecule has 0 heterocycles. The van der Waals surface area contributed by atoms with E-state index in [9.17, 15) is 31.2 Å². The van der Waals surface area contributed by atoms with Crippen LogP contribution in [0.3, 0.4) is 0 Å². The second kappa shape index (κ2) is 11.7. The second-order valence-electron chi connectivity index (χ2n) is 8.75. The fourth-order valence-corrected chi connectivity index (χ4v) is 4.92. The zero-order valence-electron chi connectivity index (χ0n) is 21.0. The third kappa shape index (κ3) is 6.91. The molecule has 2 N–H and O–H groups in total. The topological polar surface area (TPSA) is 95.6 Å². The first kappa shape index (κ1) is 28.7. The summed E-state index contributed by atoms with van der Waals surface area (Å²) in [5.74, 6) is -1.28. The Labute approximate surface area is 219 Å². The monoisotopic (exact) mass is 547 g/mol. The highest BCUT2D eigenvalue weighted by atomic mass is 32.2. The molecular formula is C27H28F3N3O4S. The molecule has 0 aromatic heterocycles. The highest BCUT2D eigenvalue weighted by molar-refractivity contribution is 7.92. The van der Waals surface area contributed by atoms with Gasteiger partial charge in [-0.3, -0.25) is 13.9 Å². The van der Waals surface area contributed by atoms with Crippen molar-refractivity contribution in [2.24, 2.45) is 0 Å². The molecule has 0 aliphatic carbocycles. The van der Waals surface area contributed by atoms with Crippen LogP contribution in [0.4, 0.5) is 24.5 Å². The van der Waals surface area contributed by atoms with Crippen LogP contribution in [-0.2, 0) is 21.0 Å². The lowest BCUT2D eigenvalue weighted by Gasteiger charge is -2.25. The number of carbonyl (C=O) groups is 2. The molecular weight excluding hydrogens is 519 g/mol. The van der Waals surface area contributed by atoms with Crippen LogP contribution in [0.2, 0.25) is 0 Å². The highest BCUT2D eigenvalue weighted by Gasteiger charge is 2.33. The van der Waals surface area contributed by atoms with Crippen molar-refractivity contribution < 1.29 is 31.2 Å². The predicted octanol–water partition coefficient (Wildman–Crippen LogP) is 5.38. The average Bonchev–Trinajstić information content (AvgIpc) is 2.87. The molecule has 38 heavy (non-hydrogen) atoms. The van der Waals surface area contributed by atoms with E-state index in [0.717, 1.165) is 17.7 Å². The van der Waals surface area contributed by atoms with Crippen LogP contribution in [0.1, 0.15) is 41.8 Å². The van der Waals surface area contributed by atoms with Crippen LogP contribution >= 0.6 is 0 Å². The van der Waals surface area contributed by atoms with Gasteiger partial charge in [-0.05, 0) is 62.7 Å². The number of sulfonamides is 1. The van der Waals surface area contributed by atoms with Crippen LogP contribution in [0.5, 0.6) is 0 Å². The zero-order chi connectivity index (χ0) is 28.1. The van der Waals surface area contributed by atoms with Crippen LogP contribution in [0, 0.1) is 6.92 Å². The van der Waals surface area contributed by atoms with Crippen molar-refractivity contribution in [3.8, 4) is 0 Å². The standard InChI is InChI=1S/C27H28F3N3O4S/c1-4-19(3)31-26(35)23-10-5-6-11-24(23)32-25(34)17-33(21-9-7-8-20(16-21)27(28,29)30)38(36,37)22-14-12-18(2)13-15-22/h5-16,19H,4,17H2,1-3H3,(H,31,35)(H,32,34)/t19-/m0/s1. The number of rotatable bonds is 9. The number of alkyl halides is 3. The van der Waals surface area contributed by atoms with Crippen molar-refractivity contribution in [3.05, 3.63) is 89.5 Å². The van der Waals surface area contributed by atoms with Gasteiger partial charge >= 0.3 is 6.18 Å². The van der Waals surface area contributed by atoms with Gasteiger partial charge in [0.2, 0.25) is 5.91 Å². The molecule has 3 aromatic carbocycles. The number of hydrogen-bond acceptors (Lipinski definition) is 4. The minimum Gasteiger partial charge on any atom is -0.350 e. The van der Waals surface area contributed by atoms with Gasteiger partial charge < -0.3 is 10.6 Å². The highest BCUT2D eigenvalue weighted by Crippen LogP contribution is 2.33. The summed E-state index contributed by atoms with van der Waals surface area (Å²) < 4.78 is 67.8. The van der Waals surface area contributed by atoms with Crippen molar-refractivity contribution in [2.75, 3.05) is 16.2 Å². The fraction of sp³-hybridized carbons (Fsp3) is 0.259. The van der Waals surface area contributed by atoms with Crippen LogP contribution < -0.4 is 14.9 Å². The number of carbonyl (C=O) groups excluding carboxylic acids is 2. The first-order valence-electron chi connectivity index (χ1n) is 11.8. The molecule has 0 spiro atoms. The van der Waals surface area contributed by atoms with E-state index in [1.165, 1.54) is 30.3 Å². The minimum atomic E-state index is -4.72. The minimum absolute atomic E-state index is 0.123. The first-order chi connectivity index (χ1) is 17.8. The van der Waals surface area contributed by atoms with Crippen LogP contribution in [0.25, 0.3) is 0 Å². The molecule has 0 unspecified atom stereocenters. The Bertz CT molecular complexity index is 1410. The summed E-state index contributed by atoms with van der Waals surface area (Å²) in [5, 5.41) is 5.33. The maximum atomic E-state index is 13.5. The molecule has 0 fully saturated rings. The molecule has 1 atom stereocenters. The van der Waals surface area contributed by atoms with Gasteiger partial charge in [0, 0.05) is 6.04 Å². The van der Waals surface area contributed by atoms with E-state index in [2.05, 4.69) is 10.6 Å². The van der Waals surface area contributed by atoms with Crippen LogP contribution in [0.15, 0.2) is 77.7 Å². The van der Waals surface area contributed by atoms with Crippen LogP contribution in [-0.4, -0.2) is 32.8 Å². The summed E-state index contributed by atoms with van der Waals surface area (Å²) in [5.41, 5.74) is -0.326. The molecule has 0 aliphatic rings. The lowest BCUT2D eigenvalue weighted by Crippen LogP contribution is -2.39. The SMILES string of the molecule is CC[C@H](C)NC(=O)c1ccccc1NC(=O)CN(c1cccc(C(F)(F)F)c1)S(=O)(=O)c1ccc(C)cc1. The second-order valence-corrected chi connectivity index (χ2v) is 10.6. The first-order valence-corrected chi connectivity index (χ1v) is 13.2. The molecule has 0 radical (unpaired) electrons. The van der Waals surface area contributed by atoms with E-state index in [1.54, 1.807) is 31.2 Å². The molecule has 0 aliphatic heterocycles. The Morgan fingerprint density at radius 1 is 0.974 bits per heavy atom. The van der Waals surface area contributed by atoms with E-state index >= 15 is 0 Å². The summed E-state index contributed by atoms with van der Waals surface area (Å²) in [6.07, 6.45) is -4.04. The molecule has 202 valence electrons. The molecule has 2 amide bonds. The Morgan fingerprint density at radius 2 is 1.63 bits per heavy atom. The largest absolute Gasteiger partial charge is 0.416 e. The molecule has 11 heteroatoms. The Kier molecular flexibility index (Phi) is 8.82. The fourth-order valence-electron chi connectivity index (χ4n) is 3.50. The van der Waals surface area contributed by atoms with Gasteiger partial charge in [0.1, 0.15) is 6.54 Å². The smallest absolute Gasteiger partial charge is 0.350 e. The summed E-state index contributed by atoms with van der Waals surface area (Å²) in [7, 11) is -4.44. The quantitative estimate of drug-likeness (QED) is 0.376. The van der Waals surface area contributed by atoms with Gasteiger partial charge in [0.05, 0.1) is 27.4 Å². The maximum Gasteiger partial charge on any atom is 0.416 e.